The fraction of sp³-hybridized carbons (Fsp3) is 0.231. The first kappa shape index (κ1) is 12.9. The smallest absolute Gasteiger partial charge is 0.275 e. The quantitative estimate of drug-likeness (QED) is 0.639. The van der Waals surface area contributed by atoms with E-state index < -0.39 is 4.92 Å². The summed E-state index contributed by atoms with van der Waals surface area (Å²) in [6, 6.07) is 8.13. The minimum absolute atomic E-state index is 0.00658. The van der Waals surface area contributed by atoms with Gasteiger partial charge in [-0.25, -0.2) is 0 Å². The van der Waals surface area contributed by atoms with Crippen LogP contribution in [-0.4, -0.2) is 11.5 Å². The standard InChI is InChI=1S/C13H14N2O4/c1-2-14-10-6-11(15(16)17)8-13(7-10)19-9-12-4-3-5-18-12/h3-8,14H,2,9H2,1H3. The van der Waals surface area contributed by atoms with Crippen molar-refractivity contribution in [2.75, 3.05) is 11.9 Å². The lowest BCUT2D eigenvalue weighted by atomic mass is 10.2. The second-order valence-electron chi connectivity index (χ2n) is 3.87. The van der Waals surface area contributed by atoms with Crippen LogP contribution in [0.4, 0.5) is 11.4 Å². The summed E-state index contributed by atoms with van der Waals surface area (Å²) in [5, 5.41) is 13.9. The topological polar surface area (TPSA) is 77.5 Å². The molecular weight excluding hydrogens is 248 g/mol. The number of nitrogens with zero attached hydrogens (tertiary/aromatic N) is 1. The molecule has 0 atom stereocenters. The molecule has 19 heavy (non-hydrogen) atoms. The van der Waals surface area contributed by atoms with Crippen LogP contribution in [0.1, 0.15) is 12.7 Å². The Balaban J connectivity index is 2.16. The number of non-ortho nitro benzene ring substituents is 1. The molecule has 1 aromatic heterocycles. The van der Waals surface area contributed by atoms with Crippen LogP contribution >= 0.6 is 0 Å². The van der Waals surface area contributed by atoms with Crippen molar-refractivity contribution in [3.63, 3.8) is 0 Å². The van der Waals surface area contributed by atoms with Gasteiger partial charge in [-0.2, -0.15) is 0 Å². The monoisotopic (exact) mass is 262 g/mol. The molecule has 0 fully saturated rings. The van der Waals surface area contributed by atoms with E-state index in [1.54, 1.807) is 24.5 Å². The Morgan fingerprint density at radius 2 is 2.26 bits per heavy atom. The average molecular weight is 262 g/mol. The number of hydrogen-bond donors (Lipinski definition) is 1. The SMILES string of the molecule is CCNc1cc(OCc2ccco2)cc([N+](=O)[O-])c1. The summed E-state index contributed by atoms with van der Waals surface area (Å²) >= 11 is 0. The third-order valence-corrected chi connectivity index (χ3v) is 2.44. The van der Waals surface area contributed by atoms with Gasteiger partial charge in [-0.1, -0.05) is 0 Å². The summed E-state index contributed by atoms with van der Waals surface area (Å²) in [5.41, 5.74) is 0.652. The summed E-state index contributed by atoms with van der Waals surface area (Å²) < 4.78 is 10.6. The van der Waals surface area contributed by atoms with Crippen LogP contribution in [-0.2, 0) is 6.61 Å². The van der Waals surface area contributed by atoms with Gasteiger partial charge in [0.2, 0.25) is 0 Å². The Bertz CT molecular complexity index is 552. The summed E-state index contributed by atoms with van der Waals surface area (Å²) in [6.07, 6.45) is 1.55. The molecule has 0 unspecified atom stereocenters. The zero-order valence-electron chi connectivity index (χ0n) is 10.5. The van der Waals surface area contributed by atoms with E-state index in [-0.39, 0.29) is 12.3 Å². The van der Waals surface area contributed by atoms with Gasteiger partial charge in [0.1, 0.15) is 18.1 Å². The highest BCUT2D eigenvalue weighted by Gasteiger charge is 2.10. The predicted molar refractivity (Wildman–Crippen MR) is 70.3 cm³/mol. The Hall–Kier alpha value is -2.50. The van der Waals surface area contributed by atoms with E-state index in [0.717, 1.165) is 0 Å². The molecule has 0 saturated carbocycles. The molecule has 1 heterocycles. The van der Waals surface area contributed by atoms with Gasteiger partial charge < -0.3 is 14.5 Å². The highest BCUT2D eigenvalue weighted by molar-refractivity contribution is 5.56. The molecular formula is C13H14N2O4. The summed E-state index contributed by atoms with van der Waals surface area (Å²) in [7, 11) is 0. The predicted octanol–water partition coefficient (Wildman–Crippen LogP) is 3.20. The van der Waals surface area contributed by atoms with Gasteiger partial charge in [0, 0.05) is 24.4 Å². The van der Waals surface area contributed by atoms with E-state index in [9.17, 15) is 10.1 Å². The van der Waals surface area contributed by atoms with Crippen molar-refractivity contribution in [2.24, 2.45) is 0 Å². The van der Waals surface area contributed by atoms with Crippen LogP contribution in [0.5, 0.6) is 5.75 Å². The van der Waals surface area contributed by atoms with Crippen molar-refractivity contribution in [1.29, 1.82) is 0 Å². The fourth-order valence-electron chi connectivity index (χ4n) is 1.63. The number of furan rings is 1. The van der Waals surface area contributed by atoms with Crippen LogP contribution in [0.25, 0.3) is 0 Å². The molecule has 1 N–H and O–H groups in total. The highest BCUT2D eigenvalue weighted by atomic mass is 16.6. The van der Waals surface area contributed by atoms with Gasteiger partial charge in [-0.15, -0.1) is 0 Å². The maximum Gasteiger partial charge on any atom is 0.275 e. The van der Waals surface area contributed by atoms with Crippen LogP contribution in [0, 0.1) is 10.1 Å². The molecule has 0 aliphatic rings. The third kappa shape index (κ3) is 3.48. The number of hydrogen-bond acceptors (Lipinski definition) is 5. The maximum absolute atomic E-state index is 10.8. The van der Waals surface area contributed by atoms with Crippen LogP contribution in [0.15, 0.2) is 41.0 Å². The van der Waals surface area contributed by atoms with E-state index in [2.05, 4.69) is 5.32 Å². The van der Waals surface area contributed by atoms with E-state index in [4.69, 9.17) is 9.15 Å². The lowest BCUT2D eigenvalue weighted by Crippen LogP contribution is -2.00. The van der Waals surface area contributed by atoms with Crippen LogP contribution in [0.2, 0.25) is 0 Å². The van der Waals surface area contributed by atoms with Gasteiger partial charge in [-0.3, -0.25) is 10.1 Å². The number of anilines is 1. The number of nitrogens with one attached hydrogen (secondary N) is 1. The van der Waals surface area contributed by atoms with E-state index in [0.29, 0.717) is 23.7 Å². The molecule has 0 amide bonds. The Kier molecular flexibility index (Phi) is 4.02. The van der Waals surface area contributed by atoms with Gasteiger partial charge in [0.25, 0.3) is 5.69 Å². The number of nitro benzene ring substituents is 1. The van der Waals surface area contributed by atoms with Crippen molar-refractivity contribution in [2.45, 2.75) is 13.5 Å². The molecule has 2 rings (SSSR count). The molecule has 0 aliphatic heterocycles. The lowest BCUT2D eigenvalue weighted by molar-refractivity contribution is -0.384. The summed E-state index contributed by atoms with van der Waals surface area (Å²) in [6.45, 7) is 2.83. The number of rotatable bonds is 6. The molecule has 0 spiro atoms. The summed E-state index contributed by atoms with van der Waals surface area (Å²) in [4.78, 5) is 10.4. The second-order valence-corrected chi connectivity index (χ2v) is 3.87. The minimum atomic E-state index is -0.444. The van der Waals surface area contributed by atoms with E-state index >= 15 is 0 Å². The molecule has 0 saturated heterocycles. The molecule has 6 nitrogen and oxygen atoms in total. The molecule has 2 aromatic rings. The van der Waals surface area contributed by atoms with Crippen LogP contribution < -0.4 is 10.1 Å². The Labute approximate surface area is 110 Å². The zero-order valence-corrected chi connectivity index (χ0v) is 10.5. The van der Waals surface area contributed by atoms with Gasteiger partial charge >= 0.3 is 0 Å². The molecule has 0 radical (unpaired) electrons. The number of nitro groups is 1. The zero-order chi connectivity index (χ0) is 13.7. The van der Waals surface area contributed by atoms with Gasteiger partial charge in [-0.05, 0) is 19.1 Å². The number of ether oxygens (including phenoxy) is 1. The normalized spacial score (nSPS) is 10.2. The minimum Gasteiger partial charge on any atom is -0.485 e. The first-order valence-electron chi connectivity index (χ1n) is 5.87. The number of benzene rings is 1. The Morgan fingerprint density at radius 3 is 2.89 bits per heavy atom. The molecule has 1 aromatic carbocycles. The van der Waals surface area contributed by atoms with E-state index in [1.807, 2.05) is 6.92 Å². The summed E-state index contributed by atoms with van der Waals surface area (Å²) in [5.74, 6) is 1.10. The average Bonchev–Trinajstić information content (AvgIpc) is 2.89. The molecule has 6 heteroatoms. The lowest BCUT2D eigenvalue weighted by Gasteiger charge is -2.08. The highest BCUT2D eigenvalue weighted by Crippen LogP contribution is 2.26. The van der Waals surface area contributed by atoms with Gasteiger partial charge in [0.05, 0.1) is 17.3 Å². The Morgan fingerprint density at radius 1 is 1.42 bits per heavy atom. The van der Waals surface area contributed by atoms with Crippen molar-refractivity contribution in [3.8, 4) is 5.75 Å². The fourth-order valence-corrected chi connectivity index (χ4v) is 1.63. The van der Waals surface area contributed by atoms with Crippen molar-refractivity contribution in [3.05, 3.63) is 52.5 Å². The molecule has 0 aliphatic carbocycles. The largest absolute Gasteiger partial charge is 0.485 e. The van der Waals surface area contributed by atoms with Crippen LogP contribution in [0.3, 0.4) is 0 Å². The van der Waals surface area contributed by atoms with Crippen molar-refractivity contribution >= 4 is 11.4 Å². The molecule has 0 bridgehead atoms. The van der Waals surface area contributed by atoms with Gasteiger partial charge in [0.15, 0.2) is 0 Å². The second kappa shape index (κ2) is 5.90. The maximum atomic E-state index is 10.8. The van der Waals surface area contributed by atoms with Crippen molar-refractivity contribution < 1.29 is 14.1 Å². The third-order valence-electron chi connectivity index (χ3n) is 2.44. The molecule has 100 valence electrons. The van der Waals surface area contributed by atoms with E-state index in [1.165, 1.54) is 12.1 Å². The van der Waals surface area contributed by atoms with Crippen molar-refractivity contribution in [1.82, 2.24) is 0 Å². The first-order valence-corrected chi connectivity index (χ1v) is 5.87. The first-order chi connectivity index (χ1) is 9.19.